The van der Waals surface area contributed by atoms with E-state index in [0.717, 1.165) is 12.8 Å². The summed E-state index contributed by atoms with van der Waals surface area (Å²) in [6.07, 6.45) is 4.55. The van der Waals surface area contributed by atoms with Crippen LogP contribution in [0.1, 0.15) is 25.7 Å². The summed E-state index contributed by atoms with van der Waals surface area (Å²) >= 11 is 4.12. The number of thioether (sulfide) groups is 2. The van der Waals surface area contributed by atoms with Gasteiger partial charge in [-0.1, -0.05) is 0 Å². The summed E-state index contributed by atoms with van der Waals surface area (Å²) < 4.78 is 5.17. The molecule has 1 aliphatic heterocycles. The second-order valence-electron chi connectivity index (χ2n) is 3.92. The van der Waals surface area contributed by atoms with Gasteiger partial charge in [-0.15, -0.1) is 23.5 Å². The van der Waals surface area contributed by atoms with E-state index >= 15 is 0 Å². The standard InChI is InChI=1S/C10H16O2S2/c1-12-9(11)8-3-4-10(7-8)13-5-2-6-14-10/h8H,2-7H2,1H3. The third-order valence-corrected chi connectivity index (χ3v) is 6.47. The normalized spacial score (nSPS) is 30.5. The second kappa shape index (κ2) is 4.35. The summed E-state index contributed by atoms with van der Waals surface area (Å²) in [4.78, 5) is 11.4. The van der Waals surface area contributed by atoms with Crippen LogP contribution < -0.4 is 0 Å². The van der Waals surface area contributed by atoms with Crippen LogP contribution in [0.4, 0.5) is 0 Å². The third-order valence-electron chi connectivity index (χ3n) is 2.98. The molecule has 0 amide bonds. The summed E-state index contributed by atoms with van der Waals surface area (Å²) in [5, 5.41) is 0. The molecule has 80 valence electrons. The van der Waals surface area contributed by atoms with Crippen molar-refractivity contribution >= 4 is 29.5 Å². The first-order valence-electron chi connectivity index (χ1n) is 5.11. The highest BCUT2D eigenvalue weighted by Gasteiger charge is 2.44. The van der Waals surface area contributed by atoms with E-state index < -0.39 is 0 Å². The van der Waals surface area contributed by atoms with Crippen molar-refractivity contribution in [1.82, 2.24) is 0 Å². The van der Waals surface area contributed by atoms with Crippen LogP contribution in [0.15, 0.2) is 0 Å². The van der Waals surface area contributed by atoms with Crippen LogP contribution >= 0.6 is 23.5 Å². The fourth-order valence-corrected chi connectivity index (χ4v) is 5.72. The average Bonchev–Trinajstić information content (AvgIpc) is 2.62. The molecule has 2 aliphatic rings. The molecule has 1 unspecified atom stereocenters. The van der Waals surface area contributed by atoms with Crippen LogP contribution in [0.3, 0.4) is 0 Å². The zero-order valence-corrected chi connectivity index (χ0v) is 10.1. The lowest BCUT2D eigenvalue weighted by Gasteiger charge is -2.32. The first-order valence-corrected chi connectivity index (χ1v) is 7.09. The van der Waals surface area contributed by atoms with Gasteiger partial charge in [-0.05, 0) is 37.2 Å². The van der Waals surface area contributed by atoms with Crippen LogP contribution in [0.25, 0.3) is 0 Å². The maximum absolute atomic E-state index is 11.4. The Kier molecular flexibility index (Phi) is 3.32. The van der Waals surface area contributed by atoms with Crippen molar-refractivity contribution in [3.05, 3.63) is 0 Å². The van der Waals surface area contributed by atoms with E-state index in [4.69, 9.17) is 4.74 Å². The predicted octanol–water partition coefficient (Wildman–Crippen LogP) is 2.53. The molecule has 4 heteroatoms. The molecule has 2 nitrogen and oxygen atoms in total. The number of rotatable bonds is 1. The van der Waals surface area contributed by atoms with E-state index in [2.05, 4.69) is 23.5 Å². The van der Waals surface area contributed by atoms with Gasteiger partial charge in [-0.2, -0.15) is 0 Å². The lowest BCUT2D eigenvalue weighted by Crippen LogP contribution is -2.23. The average molecular weight is 232 g/mol. The molecule has 0 radical (unpaired) electrons. The van der Waals surface area contributed by atoms with Gasteiger partial charge in [0.2, 0.25) is 0 Å². The first kappa shape index (κ1) is 10.7. The molecule has 1 aliphatic carbocycles. The minimum absolute atomic E-state index is 0.00588. The van der Waals surface area contributed by atoms with E-state index in [-0.39, 0.29) is 11.9 Å². The molecule has 2 rings (SSSR count). The van der Waals surface area contributed by atoms with E-state index in [1.807, 2.05) is 0 Å². The van der Waals surface area contributed by atoms with E-state index in [1.165, 1.54) is 31.5 Å². The lowest BCUT2D eigenvalue weighted by atomic mass is 10.1. The van der Waals surface area contributed by atoms with Crippen molar-refractivity contribution in [3.8, 4) is 0 Å². The number of ether oxygens (including phenoxy) is 1. The maximum atomic E-state index is 11.4. The molecular weight excluding hydrogens is 216 g/mol. The largest absolute Gasteiger partial charge is 0.469 e. The van der Waals surface area contributed by atoms with Crippen molar-refractivity contribution in [2.24, 2.45) is 5.92 Å². The number of hydrogen-bond donors (Lipinski definition) is 0. The molecule has 1 atom stereocenters. The highest BCUT2D eigenvalue weighted by atomic mass is 32.2. The van der Waals surface area contributed by atoms with Crippen LogP contribution in [-0.4, -0.2) is 28.7 Å². The van der Waals surface area contributed by atoms with Gasteiger partial charge in [0.05, 0.1) is 17.1 Å². The van der Waals surface area contributed by atoms with Crippen LogP contribution in [0.2, 0.25) is 0 Å². The fraction of sp³-hybridized carbons (Fsp3) is 0.900. The number of carbonyl (C=O) groups excluding carboxylic acids is 1. The van der Waals surface area contributed by atoms with Gasteiger partial charge in [0.15, 0.2) is 0 Å². The molecule has 0 aromatic rings. The second-order valence-corrected chi connectivity index (χ2v) is 7.14. The molecular formula is C10H16O2S2. The van der Waals surface area contributed by atoms with Gasteiger partial charge < -0.3 is 4.74 Å². The highest BCUT2D eigenvalue weighted by molar-refractivity contribution is 8.18. The molecule has 14 heavy (non-hydrogen) atoms. The Labute approximate surface area is 93.5 Å². The number of methoxy groups -OCH3 is 1. The molecule has 1 saturated carbocycles. The zero-order valence-electron chi connectivity index (χ0n) is 8.45. The SMILES string of the molecule is COC(=O)C1CCC2(C1)SCCCS2. The fourth-order valence-electron chi connectivity index (χ4n) is 2.22. The molecule has 1 saturated heterocycles. The number of hydrogen-bond acceptors (Lipinski definition) is 4. The topological polar surface area (TPSA) is 26.3 Å². The van der Waals surface area contributed by atoms with Crippen molar-refractivity contribution < 1.29 is 9.53 Å². The minimum atomic E-state index is -0.00588. The van der Waals surface area contributed by atoms with E-state index in [0.29, 0.717) is 4.08 Å². The Morgan fingerprint density at radius 1 is 1.43 bits per heavy atom. The Morgan fingerprint density at radius 3 is 2.79 bits per heavy atom. The summed E-state index contributed by atoms with van der Waals surface area (Å²) in [5.74, 6) is 2.69. The number of esters is 1. The van der Waals surface area contributed by atoms with Gasteiger partial charge in [-0.25, -0.2) is 0 Å². The Morgan fingerprint density at radius 2 is 2.14 bits per heavy atom. The number of carbonyl (C=O) groups is 1. The maximum Gasteiger partial charge on any atom is 0.308 e. The van der Waals surface area contributed by atoms with Crippen molar-refractivity contribution in [2.75, 3.05) is 18.6 Å². The van der Waals surface area contributed by atoms with E-state index in [1.54, 1.807) is 0 Å². The summed E-state index contributed by atoms with van der Waals surface area (Å²) in [6, 6.07) is 0. The molecule has 2 fully saturated rings. The van der Waals surface area contributed by atoms with Crippen molar-refractivity contribution in [2.45, 2.75) is 29.8 Å². The van der Waals surface area contributed by atoms with Gasteiger partial charge in [0.25, 0.3) is 0 Å². The molecule has 0 bridgehead atoms. The van der Waals surface area contributed by atoms with Crippen molar-refractivity contribution in [1.29, 1.82) is 0 Å². The molecule has 0 aromatic heterocycles. The van der Waals surface area contributed by atoms with Gasteiger partial charge in [0, 0.05) is 0 Å². The third kappa shape index (κ3) is 2.06. The van der Waals surface area contributed by atoms with Gasteiger partial charge >= 0.3 is 5.97 Å². The molecule has 0 aromatic carbocycles. The summed E-state index contributed by atoms with van der Waals surface area (Å²) in [6.45, 7) is 0. The minimum Gasteiger partial charge on any atom is -0.469 e. The Balaban J connectivity index is 1.95. The Hall–Kier alpha value is 0.170. The molecule has 1 spiro atoms. The molecule has 0 N–H and O–H groups in total. The van der Waals surface area contributed by atoms with E-state index in [9.17, 15) is 4.79 Å². The van der Waals surface area contributed by atoms with Gasteiger partial charge in [0.1, 0.15) is 0 Å². The smallest absolute Gasteiger partial charge is 0.308 e. The Bertz CT molecular complexity index is 224. The van der Waals surface area contributed by atoms with Crippen LogP contribution in [0.5, 0.6) is 0 Å². The monoisotopic (exact) mass is 232 g/mol. The summed E-state index contributed by atoms with van der Waals surface area (Å²) in [5.41, 5.74) is 0. The van der Waals surface area contributed by atoms with Gasteiger partial charge in [-0.3, -0.25) is 4.79 Å². The lowest BCUT2D eigenvalue weighted by molar-refractivity contribution is -0.145. The zero-order chi connectivity index (χ0) is 10.0. The van der Waals surface area contributed by atoms with Crippen LogP contribution in [0, 0.1) is 5.92 Å². The van der Waals surface area contributed by atoms with Crippen LogP contribution in [-0.2, 0) is 9.53 Å². The molecule has 1 heterocycles. The highest BCUT2D eigenvalue weighted by Crippen LogP contribution is 2.54. The van der Waals surface area contributed by atoms with Crippen molar-refractivity contribution in [3.63, 3.8) is 0 Å². The first-order chi connectivity index (χ1) is 6.76. The quantitative estimate of drug-likeness (QED) is 0.649. The summed E-state index contributed by atoms with van der Waals surface area (Å²) in [7, 11) is 1.49. The predicted molar refractivity (Wildman–Crippen MR) is 61.6 cm³/mol.